The quantitative estimate of drug-likeness (QED) is 0.692. The van der Waals surface area contributed by atoms with Crippen LogP contribution in [0.2, 0.25) is 0 Å². The van der Waals surface area contributed by atoms with Crippen LogP contribution in [-0.4, -0.2) is 43.2 Å². The highest BCUT2D eigenvalue weighted by atomic mass is 16.1. The van der Waals surface area contributed by atoms with E-state index in [-0.39, 0.29) is 17.1 Å². The molecule has 2 aromatic heterocycles. The number of aromatic amines is 1. The molecule has 30 heavy (non-hydrogen) atoms. The van der Waals surface area contributed by atoms with Crippen LogP contribution in [0.3, 0.4) is 0 Å². The van der Waals surface area contributed by atoms with Crippen molar-refractivity contribution in [1.29, 1.82) is 0 Å². The van der Waals surface area contributed by atoms with E-state index in [2.05, 4.69) is 52.2 Å². The number of hydrogen-bond donors (Lipinski definition) is 1. The van der Waals surface area contributed by atoms with Crippen molar-refractivity contribution in [2.45, 2.75) is 71.4 Å². The predicted molar refractivity (Wildman–Crippen MR) is 119 cm³/mol. The van der Waals surface area contributed by atoms with Crippen molar-refractivity contribution in [2.24, 2.45) is 0 Å². The zero-order chi connectivity index (χ0) is 21.3. The Balaban J connectivity index is 1.91. The van der Waals surface area contributed by atoms with Gasteiger partial charge >= 0.3 is 0 Å². The monoisotopic (exact) mass is 408 g/mol. The molecule has 160 valence electrons. The molecule has 1 aliphatic rings. The first-order valence-corrected chi connectivity index (χ1v) is 11.1. The molecular formula is C23H32N6O. The van der Waals surface area contributed by atoms with E-state index in [1.165, 1.54) is 12.8 Å². The number of aryl methyl sites for hydroxylation is 1. The number of para-hydroxylation sites is 1. The zero-order valence-corrected chi connectivity index (χ0v) is 18.5. The molecule has 0 aliphatic carbocycles. The van der Waals surface area contributed by atoms with Crippen molar-refractivity contribution in [2.75, 3.05) is 13.1 Å². The van der Waals surface area contributed by atoms with Crippen LogP contribution in [0, 0.1) is 6.92 Å². The Labute approximate surface area is 177 Å². The molecular weight excluding hydrogens is 376 g/mol. The van der Waals surface area contributed by atoms with E-state index in [0.29, 0.717) is 0 Å². The second-order valence-electron chi connectivity index (χ2n) is 9.06. The van der Waals surface area contributed by atoms with Crippen LogP contribution in [0.1, 0.15) is 75.9 Å². The van der Waals surface area contributed by atoms with Crippen LogP contribution in [0.15, 0.2) is 29.1 Å². The fraction of sp³-hybridized carbons (Fsp3) is 0.565. The minimum absolute atomic E-state index is 0.0603. The van der Waals surface area contributed by atoms with Gasteiger partial charge in [-0.05, 0) is 80.6 Å². The van der Waals surface area contributed by atoms with Crippen LogP contribution < -0.4 is 5.56 Å². The van der Waals surface area contributed by atoms with Gasteiger partial charge in [-0.3, -0.25) is 9.69 Å². The summed E-state index contributed by atoms with van der Waals surface area (Å²) in [6, 6.07) is 7.88. The number of pyridine rings is 1. The number of rotatable bonds is 5. The van der Waals surface area contributed by atoms with Crippen LogP contribution in [0.25, 0.3) is 10.9 Å². The van der Waals surface area contributed by atoms with Crippen molar-refractivity contribution in [3.8, 4) is 0 Å². The molecule has 7 nitrogen and oxygen atoms in total. The summed E-state index contributed by atoms with van der Waals surface area (Å²) in [5.41, 5.74) is 2.39. The molecule has 0 amide bonds. The second kappa shape index (κ2) is 8.30. The summed E-state index contributed by atoms with van der Waals surface area (Å²) in [5.74, 6) is 0.751. The first kappa shape index (κ1) is 20.7. The molecule has 7 heteroatoms. The molecule has 1 unspecified atom stereocenters. The molecule has 1 saturated heterocycles. The van der Waals surface area contributed by atoms with Gasteiger partial charge in [-0.25, -0.2) is 4.68 Å². The lowest BCUT2D eigenvalue weighted by Crippen LogP contribution is -2.38. The topological polar surface area (TPSA) is 79.7 Å². The smallest absolute Gasteiger partial charge is 0.253 e. The van der Waals surface area contributed by atoms with Gasteiger partial charge in [-0.15, -0.1) is 5.10 Å². The van der Waals surface area contributed by atoms with Crippen molar-refractivity contribution in [3.63, 3.8) is 0 Å². The van der Waals surface area contributed by atoms with E-state index in [1.807, 2.05) is 29.8 Å². The highest BCUT2D eigenvalue weighted by molar-refractivity contribution is 5.82. The Morgan fingerprint density at radius 1 is 1.17 bits per heavy atom. The summed E-state index contributed by atoms with van der Waals surface area (Å²) in [6.45, 7) is 10.3. The Bertz CT molecular complexity index is 1070. The first-order valence-electron chi connectivity index (χ1n) is 11.1. The average molecular weight is 409 g/mol. The van der Waals surface area contributed by atoms with Gasteiger partial charge in [0.15, 0.2) is 5.82 Å². The average Bonchev–Trinajstić information content (AvgIpc) is 3.06. The predicted octanol–water partition coefficient (Wildman–Crippen LogP) is 3.93. The minimum atomic E-state index is -0.266. The molecule has 4 rings (SSSR count). The molecule has 3 aromatic rings. The van der Waals surface area contributed by atoms with Gasteiger partial charge in [0.25, 0.3) is 5.56 Å². The van der Waals surface area contributed by atoms with Gasteiger partial charge in [0.05, 0.1) is 11.1 Å². The molecule has 1 N–H and O–H groups in total. The van der Waals surface area contributed by atoms with Gasteiger partial charge in [0, 0.05) is 5.56 Å². The fourth-order valence-corrected chi connectivity index (χ4v) is 4.40. The SMILES string of the molecule is CCC(C)(C)n1nnnc1C(c1cc2cccc(C)c2[nH]c1=O)N1CCCCCC1. The summed E-state index contributed by atoms with van der Waals surface area (Å²) < 4.78 is 1.92. The molecule has 3 heterocycles. The molecule has 1 aromatic carbocycles. The maximum Gasteiger partial charge on any atom is 0.253 e. The number of H-pyrrole nitrogens is 1. The van der Waals surface area contributed by atoms with Crippen molar-refractivity contribution >= 4 is 10.9 Å². The lowest BCUT2D eigenvalue weighted by Gasteiger charge is -2.32. The Morgan fingerprint density at radius 2 is 1.90 bits per heavy atom. The number of tetrazole rings is 1. The molecule has 0 saturated carbocycles. The molecule has 0 bridgehead atoms. The standard InChI is InChI=1S/C23H32N6O/c1-5-23(3,4)29-21(25-26-27-29)20(28-13-8-6-7-9-14-28)18-15-17-12-10-11-16(2)19(17)24-22(18)30/h10-12,15,20H,5-9,13-14H2,1-4H3,(H,24,30). The van der Waals surface area contributed by atoms with Crippen LogP contribution in [0.4, 0.5) is 0 Å². The maximum absolute atomic E-state index is 13.3. The third-order valence-corrected chi connectivity index (χ3v) is 6.59. The number of nitrogens with one attached hydrogen (secondary N) is 1. The zero-order valence-electron chi connectivity index (χ0n) is 18.5. The van der Waals surface area contributed by atoms with E-state index in [4.69, 9.17) is 0 Å². The highest BCUT2D eigenvalue weighted by Crippen LogP contribution is 2.32. The number of likely N-dealkylation sites (tertiary alicyclic amines) is 1. The van der Waals surface area contributed by atoms with Crippen LogP contribution in [0.5, 0.6) is 0 Å². The normalized spacial score (nSPS) is 17.2. The number of nitrogens with zero attached hydrogens (tertiary/aromatic N) is 5. The van der Waals surface area contributed by atoms with Gasteiger partial charge < -0.3 is 4.98 Å². The number of fused-ring (bicyclic) bond motifs is 1. The second-order valence-corrected chi connectivity index (χ2v) is 9.06. The third-order valence-electron chi connectivity index (χ3n) is 6.59. The molecule has 0 spiro atoms. The van der Waals surface area contributed by atoms with Crippen molar-refractivity contribution < 1.29 is 0 Å². The Hall–Kier alpha value is -2.54. The first-order chi connectivity index (χ1) is 14.4. The van der Waals surface area contributed by atoms with E-state index in [0.717, 1.165) is 60.2 Å². The molecule has 1 atom stereocenters. The minimum Gasteiger partial charge on any atom is -0.321 e. The van der Waals surface area contributed by atoms with E-state index < -0.39 is 0 Å². The van der Waals surface area contributed by atoms with E-state index in [9.17, 15) is 4.79 Å². The van der Waals surface area contributed by atoms with Gasteiger partial charge in [0.2, 0.25) is 0 Å². The van der Waals surface area contributed by atoms with Gasteiger partial charge in [0.1, 0.15) is 6.04 Å². The Morgan fingerprint density at radius 3 is 2.60 bits per heavy atom. The summed E-state index contributed by atoms with van der Waals surface area (Å²) in [6.07, 6.45) is 5.59. The lowest BCUT2D eigenvalue weighted by atomic mass is 9.98. The van der Waals surface area contributed by atoms with Gasteiger partial charge in [-0.2, -0.15) is 0 Å². The van der Waals surface area contributed by atoms with E-state index in [1.54, 1.807) is 0 Å². The number of hydrogen-bond acceptors (Lipinski definition) is 5. The summed E-state index contributed by atoms with van der Waals surface area (Å²) in [5, 5.41) is 13.9. The number of benzene rings is 1. The van der Waals surface area contributed by atoms with Crippen molar-refractivity contribution in [3.05, 3.63) is 51.6 Å². The number of aromatic nitrogens is 5. The fourth-order valence-electron chi connectivity index (χ4n) is 4.40. The van der Waals surface area contributed by atoms with Crippen molar-refractivity contribution in [1.82, 2.24) is 30.1 Å². The molecule has 0 radical (unpaired) electrons. The third kappa shape index (κ3) is 3.78. The summed E-state index contributed by atoms with van der Waals surface area (Å²) in [7, 11) is 0. The summed E-state index contributed by atoms with van der Waals surface area (Å²) >= 11 is 0. The molecule has 1 aliphatic heterocycles. The largest absolute Gasteiger partial charge is 0.321 e. The summed E-state index contributed by atoms with van der Waals surface area (Å²) in [4.78, 5) is 18.9. The highest BCUT2D eigenvalue weighted by Gasteiger charge is 2.34. The van der Waals surface area contributed by atoms with Crippen LogP contribution in [-0.2, 0) is 5.54 Å². The Kier molecular flexibility index (Phi) is 5.73. The molecule has 1 fully saturated rings. The van der Waals surface area contributed by atoms with Gasteiger partial charge in [-0.1, -0.05) is 38.0 Å². The lowest BCUT2D eigenvalue weighted by molar-refractivity contribution is 0.202. The maximum atomic E-state index is 13.3. The van der Waals surface area contributed by atoms with E-state index >= 15 is 0 Å². The van der Waals surface area contributed by atoms with Crippen LogP contribution >= 0.6 is 0 Å².